The Hall–Kier alpha value is -0.660. The zero-order valence-electron chi connectivity index (χ0n) is 11.8. The van der Waals surface area contributed by atoms with Gasteiger partial charge in [-0.1, -0.05) is 13.8 Å². The van der Waals surface area contributed by atoms with Crippen molar-refractivity contribution in [3.8, 4) is 0 Å². The fraction of sp³-hybridized carbons (Fsp3) is 0.917. The largest absolute Gasteiger partial charge is 0.340 e. The Labute approximate surface area is 116 Å². The fourth-order valence-electron chi connectivity index (χ4n) is 2.27. The van der Waals surface area contributed by atoms with Crippen LogP contribution in [0.3, 0.4) is 0 Å². The van der Waals surface area contributed by atoms with Crippen molar-refractivity contribution in [2.45, 2.75) is 26.7 Å². The lowest BCUT2D eigenvalue weighted by Crippen LogP contribution is -2.52. The van der Waals surface area contributed by atoms with Gasteiger partial charge in [0.1, 0.15) is 0 Å². The number of hydrogen-bond donors (Lipinski definition) is 1. The molecule has 1 rings (SSSR count). The third-order valence-electron chi connectivity index (χ3n) is 3.53. The average molecular weight is 291 g/mol. The summed E-state index contributed by atoms with van der Waals surface area (Å²) < 4.78 is 25.3. The van der Waals surface area contributed by atoms with Gasteiger partial charge in [0.2, 0.25) is 15.9 Å². The van der Waals surface area contributed by atoms with Crippen LogP contribution in [0.5, 0.6) is 0 Å². The molecule has 1 amide bonds. The standard InChI is InChI=1S/C12H25N3O3S/c1-3-9-19(17,18)15-7-5-14(6-8-15)12(16)11(4-2)10-13/h11H,3-10,13H2,1-2H3. The molecular formula is C12H25N3O3S. The lowest BCUT2D eigenvalue weighted by Gasteiger charge is -2.35. The number of carbonyl (C=O) groups is 1. The minimum absolute atomic E-state index is 0.0533. The summed E-state index contributed by atoms with van der Waals surface area (Å²) in [6.45, 7) is 5.88. The van der Waals surface area contributed by atoms with Crippen molar-refractivity contribution in [3.63, 3.8) is 0 Å². The molecule has 0 aliphatic carbocycles. The summed E-state index contributed by atoms with van der Waals surface area (Å²) >= 11 is 0. The second kappa shape index (κ2) is 7.21. The maximum Gasteiger partial charge on any atom is 0.227 e. The molecule has 0 aromatic carbocycles. The minimum atomic E-state index is -3.14. The highest BCUT2D eigenvalue weighted by Gasteiger charge is 2.30. The molecule has 0 saturated carbocycles. The van der Waals surface area contributed by atoms with E-state index >= 15 is 0 Å². The normalized spacial score (nSPS) is 19.4. The van der Waals surface area contributed by atoms with Crippen LogP contribution in [-0.2, 0) is 14.8 Å². The van der Waals surface area contributed by atoms with Crippen LogP contribution in [0.15, 0.2) is 0 Å². The van der Waals surface area contributed by atoms with Crippen LogP contribution in [0.2, 0.25) is 0 Å². The molecule has 0 radical (unpaired) electrons. The summed E-state index contributed by atoms with van der Waals surface area (Å²) in [5, 5.41) is 0. The first-order chi connectivity index (χ1) is 8.96. The average Bonchev–Trinajstić information content (AvgIpc) is 2.40. The van der Waals surface area contributed by atoms with Gasteiger partial charge in [0.25, 0.3) is 0 Å². The molecule has 1 aliphatic rings. The van der Waals surface area contributed by atoms with Crippen LogP contribution in [-0.4, -0.2) is 62.0 Å². The van der Waals surface area contributed by atoms with E-state index in [0.29, 0.717) is 39.1 Å². The van der Waals surface area contributed by atoms with E-state index < -0.39 is 10.0 Å². The fourth-order valence-corrected chi connectivity index (χ4v) is 3.77. The van der Waals surface area contributed by atoms with Crippen LogP contribution in [0, 0.1) is 5.92 Å². The molecule has 1 heterocycles. The van der Waals surface area contributed by atoms with Crippen molar-refractivity contribution in [1.82, 2.24) is 9.21 Å². The Morgan fingerprint density at radius 1 is 1.21 bits per heavy atom. The maximum atomic E-state index is 12.1. The van der Waals surface area contributed by atoms with E-state index in [9.17, 15) is 13.2 Å². The second-order valence-electron chi connectivity index (χ2n) is 4.88. The van der Waals surface area contributed by atoms with Crippen molar-refractivity contribution < 1.29 is 13.2 Å². The van der Waals surface area contributed by atoms with E-state index in [1.165, 1.54) is 4.31 Å². The summed E-state index contributed by atoms with van der Waals surface area (Å²) in [6, 6.07) is 0. The van der Waals surface area contributed by atoms with Crippen molar-refractivity contribution in [3.05, 3.63) is 0 Å². The van der Waals surface area contributed by atoms with Gasteiger partial charge in [-0.05, 0) is 12.8 Å². The van der Waals surface area contributed by atoms with Crippen molar-refractivity contribution in [2.24, 2.45) is 11.7 Å². The second-order valence-corrected chi connectivity index (χ2v) is 6.97. The summed E-state index contributed by atoms with van der Waals surface area (Å²) in [4.78, 5) is 13.9. The van der Waals surface area contributed by atoms with E-state index in [0.717, 1.165) is 6.42 Å². The molecule has 1 atom stereocenters. The van der Waals surface area contributed by atoms with Gasteiger partial charge < -0.3 is 10.6 Å². The molecule has 1 saturated heterocycles. The van der Waals surface area contributed by atoms with E-state index in [1.54, 1.807) is 4.90 Å². The van der Waals surface area contributed by atoms with Crippen molar-refractivity contribution in [2.75, 3.05) is 38.5 Å². The molecule has 19 heavy (non-hydrogen) atoms. The smallest absolute Gasteiger partial charge is 0.227 e. The maximum absolute atomic E-state index is 12.1. The summed E-state index contributed by atoms with van der Waals surface area (Å²) in [5.41, 5.74) is 5.57. The summed E-state index contributed by atoms with van der Waals surface area (Å²) in [5.74, 6) is 0.0952. The first kappa shape index (κ1) is 16.4. The van der Waals surface area contributed by atoms with E-state index in [1.807, 2.05) is 13.8 Å². The van der Waals surface area contributed by atoms with Crippen LogP contribution in [0.4, 0.5) is 0 Å². The van der Waals surface area contributed by atoms with Gasteiger partial charge in [-0.25, -0.2) is 8.42 Å². The van der Waals surface area contributed by atoms with E-state index in [-0.39, 0.29) is 17.6 Å². The van der Waals surface area contributed by atoms with Gasteiger partial charge in [-0.15, -0.1) is 0 Å². The predicted molar refractivity (Wildman–Crippen MR) is 75.1 cm³/mol. The summed E-state index contributed by atoms with van der Waals surface area (Å²) in [7, 11) is -3.14. The van der Waals surface area contributed by atoms with E-state index in [4.69, 9.17) is 5.73 Å². The number of nitrogens with zero attached hydrogens (tertiary/aromatic N) is 2. The Morgan fingerprint density at radius 2 is 1.79 bits per heavy atom. The number of nitrogens with two attached hydrogens (primary N) is 1. The third kappa shape index (κ3) is 4.15. The van der Waals surface area contributed by atoms with Gasteiger partial charge in [0.05, 0.1) is 11.7 Å². The van der Waals surface area contributed by atoms with Gasteiger partial charge in [0, 0.05) is 32.7 Å². The Bertz CT molecular complexity index is 385. The molecule has 112 valence electrons. The number of amides is 1. The van der Waals surface area contributed by atoms with Crippen LogP contribution in [0.1, 0.15) is 26.7 Å². The monoisotopic (exact) mass is 291 g/mol. The highest BCUT2D eigenvalue weighted by Crippen LogP contribution is 2.13. The molecule has 1 aliphatic heterocycles. The quantitative estimate of drug-likeness (QED) is 0.738. The van der Waals surface area contributed by atoms with Crippen LogP contribution < -0.4 is 5.73 Å². The van der Waals surface area contributed by atoms with Gasteiger partial charge >= 0.3 is 0 Å². The van der Waals surface area contributed by atoms with E-state index in [2.05, 4.69) is 0 Å². The predicted octanol–water partition coefficient (Wildman–Crippen LogP) is -0.145. The van der Waals surface area contributed by atoms with Gasteiger partial charge in [0.15, 0.2) is 0 Å². The number of piperazine rings is 1. The molecule has 0 spiro atoms. The molecule has 7 heteroatoms. The molecule has 1 unspecified atom stereocenters. The zero-order valence-corrected chi connectivity index (χ0v) is 12.7. The third-order valence-corrected chi connectivity index (χ3v) is 5.61. The van der Waals surface area contributed by atoms with Crippen molar-refractivity contribution in [1.29, 1.82) is 0 Å². The van der Waals surface area contributed by atoms with Crippen LogP contribution in [0.25, 0.3) is 0 Å². The number of carbonyl (C=O) groups excluding carboxylic acids is 1. The highest BCUT2D eigenvalue weighted by molar-refractivity contribution is 7.89. The molecule has 1 fully saturated rings. The minimum Gasteiger partial charge on any atom is -0.340 e. The first-order valence-electron chi connectivity index (χ1n) is 6.92. The highest BCUT2D eigenvalue weighted by atomic mass is 32.2. The van der Waals surface area contributed by atoms with Gasteiger partial charge in [-0.2, -0.15) is 4.31 Å². The molecule has 0 bridgehead atoms. The van der Waals surface area contributed by atoms with Crippen LogP contribution >= 0.6 is 0 Å². The SMILES string of the molecule is CCCS(=O)(=O)N1CCN(C(=O)C(CC)CN)CC1. The number of rotatable bonds is 6. The van der Waals surface area contributed by atoms with Gasteiger partial charge in [-0.3, -0.25) is 4.79 Å². The molecular weight excluding hydrogens is 266 g/mol. The lowest BCUT2D eigenvalue weighted by atomic mass is 10.1. The Balaban J connectivity index is 2.56. The molecule has 6 nitrogen and oxygen atoms in total. The Morgan fingerprint density at radius 3 is 2.21 bits per heavy atom. The zero-order chi connectivity index (χ0) is 14.5. The molecule has 2 N–H and O–H groups in total. The Kier molecular flexibility index (Phi) is 6.22. The number of hydrogen-bond acceptors (Lipinski definition) is 4. The number of sulfonamides is 1. The molecule has 0 aromatic heterocycles. The molecule has 0 aromatic rings. The first-order valence-corrected chi connectivity index (χ1v) is 8.53. The van der Waals surface area contributed by atoms with Crippen molar-refractivity contribution >= 4 is 15.9 Å². The topological polar surface area (TPSA) is 83.7 Å². The summed E-state index contributed by atoms with van der Waals surface area (Å²) in [6.07, 6.45) is 1.34. The lowest BCUT2D eigenvalue weighted by molar-refractivity contribution is -0.136.